The number of carbonyl (C=O) groups is 1. The zero-order valence-corrected chi connectivity index (χ0v) is 20.2. The molecule has 3 aromatic carbocycles. The Kier molecular flexibility index (Phi) is 8.71. The van der Waals surface area contributed by atoms with Gasteiger partial charge in [0.25, 0.3) is 5.91 Å². The van der Waals surface area contributed by atoms with Crippen molar-refractivity contribution in [1.82, 2.24) is 5.43 Å². The lowest BCUT2D eigenvalue weighted by Gasteiger charge is -2.13. The van der Waals surface area contributed by atoms with E-state index in [-0.39, 0.29) is 5.91 Å². The van der Waals surface area contributed by atoms with Crippen LogP contribution in [0.3, 0.4) is 0 Å². The maximum Gasteiger partial charge on any atom is 0.271 e. The van der Waals surface area contributed by atoms with Crippen LogP contribution in [0.4, 0.5) is 0 Å². The molecule has 1 N–H and O–H groups in total. The number of hydrogen-bond acceptors (Lipinski definition) is 6. The van der Waals surface area contributed by atoms with Crippen LogP contribution in [-0.2, 0) is 6.61 Å². The predicted molar refractivity (Wildman–Crippen MR) is 131 cm³/mol. The second-order valence-corrected chi connectivity index (χ2v) is 7.66. The molecule has 0 bridgehead atoms. The Balaban J connectivity index is 1.69. The predicted octanol–water partition coefficient (Wildman–Crippen LogP) is 5.21. The van der Waals surface area contributed by atoms with Crippen LogP contribution < -0.4 is 24.4 Å². The fourth-order valence-corrected chi connectivity index (χ4v) is 3.57. The van der Waals surface area contributed by atoms with Gasteiger partial charge in [-0.05, 0) is 64.3 Å². The van der Waals surface area contributed by atoms with E-state index in [4.69, 9.17) is 18.9 Å². The van der Waals surface area contributed by atoms with E-state index in [1.807, 2.05) is 43.3 Å². The van der Waals surface area contributed by atoms with Gasteiger partial charge in [0.2, 0.25) is 0 Å². The van der Waals surface area contributed by atoms with Gasteiger partial charge in [-0.3, -0.25) is 4.79 Å². The van der Waals surface area contributed by atoms with Crippen molar-refractivity contribution in [3.05, 3.63) is 81.8 Å². The van der Waals surface area contributed by atoms with Gasteiger partial charge < -0.3 is 18.9 Å². The van der Waals surface area contributed by atoms with Crippen LogP contribution in [0.1, 0.15) is 28.4 Å². The maximum atomic E-state index is 12.5. The third-order valence-corrected chi connectivity index (χ3v) is 5.17. The highest BCUT2D eigenvalue weighted by Crippen LogP contribution is 2.37. The van der Waals surface area contributed by atoms with Crippen LogP contribution in [0.2, 0.25) is 0 Å². The molecule has 1 amide bonds. The van der Waals surface area contributed by atoms with Gasteiger partial charge in [-0.15, -0.1) is 0 Å². The number of ether oxygens (including phenoxy) is 4. The first-order valence-corrected chi connectivity index (χ1v) is 11.0. The Morgan fingerprint density at radius 3 is 2.42 bits per heavy atom. The molecule has 0 radical (unpaired) electrons. The molecule has 3 aromatic rings. The molecule has 3 rings (SSSR count). The highest BCUT2D eigenvalue weighted by Gasteiger charge is 2.13. The van der Waals surface area contributed by atoms with Crippen molar-refractivity contribution >= 4 is 28.1 Å². The number of benzene rings is 3. The van der Waals surface area contributed by atoms with Crippen LogP contribution in [0.25, 0.3) is 0 Å². The smallest absolute Gasteiger partial charge is 0.271 e. The summed E-state index contributed by atoms with van der Waals surface area (Å²) in [6, 6.07) is 18.4. The molecule has 0 aliphatic rings. The molecule has 33 heavy (non-hydrogen) atoms. The number of amides is 1. The molecular formula is C25H25BrN2O5. The first-order chi connectivity index (χ1) is 16.0. The molecule has 0 heterocycles. The van der Waals surface area contributed by atoms with Gasteiger partial charge in [0, 0.05) is 5.56 Å². The highest BCUT2D eigenvalue weighted by atomic mass is 79.9. The van der Waals surface area contributed by atoms with Gasteiger partial charge in [-0.1, -0.05) is 30.3 Å². The van der Waals surface area contributed by atoms with Crippen LogP contribution >= 0.6 is 15.9 Å². The summed E-state index contributed by atoms with van der Waals surface area (Å²) in [5.41, 5.74) is 4.69. The standard InChI is InChI=1S/C25H25BrN2O5/c1-4-32-22-14-19(10-11-21(22)30-2)25(29)28-27-15-18-12-20(26)24(23(13-18)31-3)33-16-17-8-6-5-7-9-17/h5-15H,4,16H2,1-3H3,(H,28,29)/b27-15+. The average Bonchev–Trinajstić information content (AvgIpc) is 2.83. The maximum absolute atomic E-state index is 12.5. The molecule has 0 saturated carbocycles. The van der Waals surface area contributed by atoms with Gasteiger partial charge in [-0.2, -0.15) is 5.10 Å². The Bertz CT molecular complexity index is 1120. The molecule has 172 valence electrons. The van der Waals surface area contributed by atoms with E-state index in [9.17, 15) is 4.79 Å². The van der Waals surface area contributed by atoms with Crippen molar-refractivity contribution in [1.29, 1.82) is 0 Å². The number of rotatable bonds is 10. The molecule has 0 spiro atoms. The Morgan fingerprint density at radius 2 is 1.73 bits per heavy atom. The fourth-order valence-electron chi connectivity index (χ4n) is 3.00. The summed E-state index contributed by atoms with van der Waals surface area (Å²) in [6.45, 7) is 2.73. The molecule has 0 fully saturated rings. The Morgan fingerprint density at radius 1 is 0.970 bits per heavy atom. The van der Waals surface area contributed by atoms with Crippen molar-refractivity contribution in [2.75, 3.05) is 20.8 Å². The van der Waals surface area contributed by atoms with Gasteiger partial charge >= 0.3 is 0 Å². The summed E-state index contributed by atoms with van der Waals surface area (Å²) in [5.74, 6) is 1.82. The summed E-state index contributed by atoms with van der Waals surface area (Å²) in [5, 5.41) is 4.06. The zero-order chi connectivity index (χ0) is 23.6. The highest BCUT2D eigenvalue weighted by molar-refractivity contribution is 9.10. The summed E-state index contributed by atoms with van der Waals surface area (Å²) < 4.78 is 22.9. The number of hydrazone groups is 1. The number of nitrogens with one attached hydrogen (secondary N) is 1. The minimum atomic E-state index is -0.372. The van der Waals surface area contributed by atoms with E-state index in [1.165, 1.54) is 6.21 Å². The molecule has 0 aliphatic carbocycles. The molecule has 0 aromatic heterocycles. The molecule has 7 nitrogen and oxygen atoms in total. The molecular weight excluding hydrogens is 488 g/mol. The molecule has 0 atom stereocenters. The first kappa shape index (κ1) is 24.1. The molecule has 0 aliphatic heterocycles. The molecule has 0 saturated heterocycles. The largest absolute Gasteiger partial charge is 0.493 e. The monoisotopic (exact) mass is 512 g/mol. The van der Waals surface area contributed by atoms with Crippen molar-refractivity contribution in [3.8, 4) is 23.0 Å². The Hall–Kier alpha value is -3.52. The zero-order valence-electron chi connectivity index (χ0n) is 18.6. The summed E-state index contributed by atoms with van der Waals surface area (Å²) >= 11 is 3.53. The quantitative estimate of drug-likeness (QED) is 0.298. The van der Waals surface area contributed by atoms with Crippen LogP contribution in [-0.4, -0.2) is 32.9 Å². The number of hydrogen-bond donors (Lipinski definition) is 1. The van der Waals surface area contributed by atoms with Crippen molar-refractivity contribution in [3.63, 3.8) is 0 Å². The minimum absolute atomic E-state index is 0.372. The Labute approximate surface area is 201 Å². The van der Waals surface area contributed by atoms with E-state index >= 15 is 0 Å². The van der Waals surface area contributed by atoms with E-state index in [0.29, 0.717) is 46.2 Å². The number of halogens is 1. The third kappa shape index (κ3) is 6.49. The molecule has 8 heteroatoms. The number of nitrogens with zero attached hydrogens (tertiary/aromatic N) is 1. The second-order valence-electron chi connectivity index (χ2n) is 6.81. The second kappa shape index (κ2) is 11.9. The summed E-state index contributed by atoms with van der Waals surface area (Å²) in [7, 11) is 3.12. The van der Waals surface area contributed by atoms with Gasteiger partial charge in [0.15, 0.2) is 23.0 Å². The molecule has 0 unspecified atom stereocenters. The third-order valence-electron chi connectivity index (χ3n) is 4.58. The summed E-state index contributed by atoms with van der Waals surface area (Å²) in [6.07, 6.45) is 1.53. The van der Waals surface area contributed by atoms with Crippen molar-refractivity contribution < 1.29 is 23.7 Å². The van der Waals surface area contributed by atoms with Crippen LogP contribution in [0.15, 0.2) is 70.2 Å². The van der Waals surface area contributed by atoms with Crippen LogP contribution in [0.5, 0.6) is 23.0 Å². The number of carbonyl (C=O) groups excluding carboxylic acids is 1. The van der Waals surface area contributed by atoms with Crippen molar-refractivity contribution in [2.24, 2.45) is 5.10 Å². The lowest BCUT2D eigenvalue weighted by Crippen LogP contribution is -2.17. The van der Waals surface area contributed by atoms with Gasteiger partial charge in [0.1, 0.15) is 6.61 Å². The fraction of sp³-hybridized carbons (Fsp3) is 0.200. The lowest BCUT2D eigenvalue weighted by atomic mass is 10.2. The van der Waals surface area contributed by atoms with Crippen molar-refractivity contribution in [2.45, 2.75) is 13.5 Å². The lowest BCUT2D eigenvalue weighted by molar-refractivity contribution is 0.0954. The summed E-state index contributed by atoms with van der Waals surface area (Å²) in [4.78, 5) is 12.5. The van der Waals surface area contributed by atoms with Gasteiger partial charge in [0.05, 0.1) is 31.5 Å². The van der Waals surface area contributed by atoms with Gasteiger partial charge in [-0.25, -0.2) is 5.43 Å². The van der Waals surface area contributed by atoms with E-state index < -0.39 is 0 Å². The van der Waals surface area contributed by atoms with E-state index in [1.54, 1.807) is 38.5 Å². The topological polar surface area (TPSA) is 78.4 Å². The first-order valence-electron chi connectivity index (χ1n) is 10.2. The minimum Gasteiger partial charge on any atom is -0.493 e. The number of methoxy groups -OCH3 is 2. The van der Waals surface area contributed by atoms with Crippen LogP contribution in [0, 0.1) is 0 Å². The SMILES string of the molecule is CCOc1cc(C(=O)N/N=C/c2cc(Br)c(OCc3ccccc3)c(OC)c2)ccc1OC. The van der Waals surface area contributed by atoms with E-state index in [2.05, 4.69) is 26.5 Å². The van der Waals surface area contributed by atoms with E-state index in [0.717, 1.165) is 11.1 Å². The normalized spacial score (nSPS) is 10.7. The average molecular weight is 513 g/mol.